The fourth-order valence-corrected chi connectivity index (χ4v) is 7.66. The molecule has 2 bridgehead atoms. The van der Waals surface area contributed by atoms with Gasteiger partial charge in [-0.05, 0) is 30.1 Å². The summed E-state index contributed by atoms with van der Waals surface area (Å²) in [7, 11) is 3.17. The molecular formula is C20H27N3O5. The minimum Gasteiger partial charge on any atom is -0.382 e. The molecule has 8 nitrogen and oxygen atoms in total. The number of aliphatic hydroxyl groups excluding tert-OH is 1. The van der Waals surface area contributed by atoms with Crippen molar-refractivity contribution in [2.75, 3.05) is 20.6 Å². The van der Waals surface area contributed by atoms with E-state index in [-0.39, 0.29) is 36.0 Å². The van der Waals surface area contributed by atoms with Gasteiger partial charge in [-0.2, -0.15) is 0 Å². The van der Waals surface area contributed by atoms with Crippen LogP contribution in [0.2, 0.25) is 0 Å². The molecule has 5 saturated heterocycles. The third-order valence-electron chi connectivity index (χ3n) is 9.34. The van der Waals surface area contributed by atoms with Crippen LogP contribution in [0, 0.1) is 22.7 Å². The molecule has 0 aromatic heterocycles. The van der Waals surface area contributed by atoms with Gasteiger partial charge >= 0.3 is 0 Å². The van der Waals surface area contributed by atoms with Crippen molar-refractivity contribution >= 4 is 23.6 Å². The number of imide groups is 1. The SMILES string of the molecule is C[C@H]1CC(=O)N2C[C@]34C[C@@]5(C(=O)N(C)C(=O)C5O)C(C)(C)[C@@H]3C[C@]12C(=O)N4C. The van der Waals surface area contributed by atoms with Crippen LogP contribution in [-0.2, 0) is 19.2 Å². The van der Waals surface area contributed by atoms with Crippen LogP contribution in [0.15, 0.2) is 0 Å². The smallest absolute Gasteiger partial charge is 0.258 e. The molecule has 6 fully saturated rings. The number of likely N-dealkylation sites (N-methyl/N-ethyl adjacent to an activating group) is 2. The van der Waals surface area contributed by atoms with Crippen LogP contribution in [0.1, 0.15) is 40.0 Å². The van der Waals surface area contributed by atoms with Crippen LogP contribution in [0.25, 0.3) is 0 Å². The number of amides is 4. The zero-order chi connectivity index (χ0) is 20.6. The number of hydrogen-bond acceptors (Lipinski definition) is 5. The molecule has 152 valence electrons. The number of fused-ring (bicyclic) bond motifs is 1. The first-order valence-corrected chi connectivity index (χ1v) is 9.98. The Kier molecular flexibility index (Phi) is 2.98. The average molecular weight is 389 g/mol. The summed E-state index contributed by atoms with van der Waals surface area (Å²) in [5.74, 6) is -1.24. The summed E-state index contributed by atoms with van der Waals surface area (Å²) in [6, 6.07) is 0. The van der Waals surface area contributed by atoms with Gasteiger partial charge in [-0.1, -0.05) is 20.8 Å². The Bertz CT molecular complexity index is 870. The first kappa shape index (κ1) is 18.1. The standard InChI is InChI=1S/C20H27N3O5/c1-10-6-12(24)23-9-18-8-19(13(25)14(26)21(4)15(19)27)17(2,3)11(18)7-20(10,23)16(28)22(18)5/h10-11,13,25H,6-9H2,1-5H3/t10-,11-,13?,18+,19+,20+/m0/s1. The number of carbonyl (C=O) groups excluding carboxylic acids is 4. The zero-order valence-corrected chi connectivity index (χ0v) is 17.0. The Morgan fingerprint density at radius 2 is 1.71 bits per heavy atom. The molecule has 8 heteroatoms. The monoisotopic (exact) mass is 389 g/mol. The quantitative estimate of drug-likeness (QED) is 0.569. The Balaban J connectivity index is 1.74. The minimum absolute atomic E-state index is 0.0166. The topological polar surface area (TPSA) is 98.2 Å². The molecule has 0 aromatic rings. The van der Waals surface area contributed by atoms with E-state index < -0.39 is 33.9 Å². The lowest BCUT2D eigenvalue weighted by molar-refractivity contribution is -0.192. The van der Waals surface area contributed by atoms with Crippen molar-refractivity contribution in [3.05, 3.63) is 0 Å². The van der Waals surface area contributed by atoms with E-state index in [1.54, 1.807) is 16.8 Å². The van der Waals surface area contributed by atoms with Gasteiger partial charge in [0.15, 0.2) is 0 Å². The Hall–Kier alpha value is -1.96. The maximum absolute atomic E-state index is 13.5. The second-order valence-corrected chi connectivity index (χ2v) is 10.2. The molecule has 5 aliphatic heterocycles. The number of hydrogen-bond donors (Lipinski definition) is 1. The molecule has 4 amide bonds. The molecule has 0 radical (unpaired) electrons. The highest BCUT2D eigenvalue weighted by Crippen LogP contribution is 2.72. The van der Waals surface area contributed by atoms with Gasteiger partial charge in [-0.3, -0.25) is 24.1 Å². The van der Waals surface area contributed by atoms with Crippen molar-refractivity contribution < 1.29 is 24.3 Å². The lowest BCUT2D eigenvalue weighted by Crippen LogP contribution is -2.80. The summed E-state index contributed by atoms with van der Waals surface area (Å²) >= 11 is 0. The summed E-state index contributed by atoms with van der Waals surface area (Å²) < 4.78 is 0. The molecule has 1 N–H and O–H groups in total. The van der Waals surface area contributed by atoms with E-state index in [0.717, 1.165) is 4.90 Å². The van der Waals surface area contributed by atoms with Gasteiger partial charge in [0.2, 0.25) is 17.7 Å². The van der Waals surface area contributed by atoms with Crippen LogP contribution in [0.4, 0.5) is 0 Å². The minimum atomic E-state index is -1.43. The third-order valence-corrected chi connectivity index (χ3v) is 9.34. The molecule has 5 heterocycles. The number of aliphatic hydroxyl groups is 1. The van der Waals surface area contributed by atoms with Crippen molar-refractivity contribution in [2.24, 2.45) is 22.7 Å². The van der Waals surface area contributed by atoms with Gasteiger partial charge in [-0.25, -0.2) is 0 Å². The van der Waals surface area contributed by atoms with E-state index in [9.17, 15) is 24.3 Å². The Morgan fingerprint density at radius 1 is 1.07 bits per heavy atom. The van der Waals surface area contributed by atoms with Crippen LogP contribution in [0.3, 0.4) is 0 Å². The number of piperidine rings is 2. The number of piperazine rings is 1. The molecule has 3 spiro atoms. The van der Waals surface area contributed by atoms with Crippen LogP contribution in [0.5, 0.6) is 0 Å². The lowest BCUT2D eigenvalue weighted by atomic mass is 9.56. The van der Waals surface area contributed by atoms with Crippen molar-refractivity contribution in [1.29, 1.82) is 0 Å². The number of rotatable bonds is 0. The van der Waals surface area contributed by atoms with E-state index in [1.165, 1.54) is 7.05 Å². The van der Waals surface area contributed by atoms with Gasteiger partial charge in [0.05, 0.1) is 11.0 Å². The molecule has 6 atom stereocenters. The predicted molar refractivity (Wildman–Crippen MR) is 96.4 cm³/mol. The van der Waals surface area contributed by atoms with E-state index in [0.29, 0.717) is 19.4 Å². The first-order valence-electron chi connectivity index (χ1n) is 9.98. The van der Waals surface area contributed by atoms with Crippen LogP contribution < -0.4 is 0 Å². The highest BCUT2D eigenvalue weighted by molar-refractivity contribution is 6.09. The molecule has 6 rings (SSSR count). The second-order valence-electron chi connectivity index (χ2n) is 10.2. The molecule has 28 heavy (non-hydrogen) atoms. The van der Waals surface area contributed by atoms with Gasteiger partial charge in [-0.15, -0.1) is 0 Å². The summed E-state index contributed by atoms with van der Waals surface area (Å²) in [6.07, 6.45) is -0.389. The van der Waals surface area contributed by atoms with Gasteiger partial charge < -0.3 is 14.9 Å². The van der Waals surface area contributed by atoms with Crippen LogP contribution >= 0.6 is 0 Å². The highest BCUT2D eigenvalue weighted by Gasteiger charge is 2.83. The normalized spacial score (nSPS) is 48.9. The van der Waals surface area contributed by atoms with Crippen molar-refractivity contribution in [1.82, 2.24) is 14.7 Å². The molecule has 0 aromatic carbocycles. The highest BCUT2D eigenvalue weighted by atomic mass is 16.3. The van der Waals surface area contributed by atoms with Crippen LogP contribution in [-0.4, -0.2) is 81.3 Å². The third kappa shape index (κ3) is 1.41. The second kappa shape index (κ2) is 4.61. The van der Waals surface area contributed by atoms with E-state index in [2.05, 4.69) is 0 Å². The number of carbonyl (C=O) groups is 4. The maximum atomic E-state index is 13.5. The fraction of sp³-hybridized carbons (Fsp3) is 0.800. The summed E-state index contributed by atoms with van der Waals surface area (Å²) in [6.45, 7) is 6.21. The Labute approximate surface area is 163 Å². The lowest BCUT2D eigenvalue weighted by Gasteiger charge is -2.64. The van der Waals surface area contributed by atoms with Crippen molar-refractivity contribution in [3.8, 4) is 0 Å². The summed E-state index contributed by atoms with van der Waals surface area (Å²) in [4.78, 5) is 56.6. The Morgan fingerprint density at radius 3 is 2.29 bits per heavy atom. The molecule has 1 unspecified atom stereocenters. The fourth-order valence-electron chi connectivity index (χ4n) is 7.66. The largest absolute Gasteiger partial charge is 0.382 e. The molecule has 1 saturated carbocycles. The van der Waals surface area contributed by atoms with Gasteiger partial charge in [0.25, 0.3) is 5.91 Å². The molecule has 6 aliphatic rings. The van der Waals surface area contributed by atoms with Gasteiger partial charge in [0, 0.05) is 27.1 Å². The molecular weight excluding hydrogens is 362 g/mol. The number of nitrogens with zero attached hydrogens (tertiary/aromatic N) is 3. The average Bonchev–Trinajstić information content (AvgIpc) is 3.08. The van der Waals surface area contributed by atoms with Crippen molar-refractivity contribution in [2.45, 2.75) is 57.2 Å². The predicted octanol–water partition coefficient (Wildman–Crippen LogP) is -0.400. The van der Waals surface area contributed by atoms with Gasteiger partial charge in [0.1, 0.15) is 11.6 Å². The zero-order valence-electron chi connectivity index (χ0n) is 17.0. The maximum Gasteiger partial charge on any atom is 0.258 e. The van der Waals surface area contributed by atoms with E-state index in [1.807, 2.05) is 20.8 Å². The summed E-state index contributed by atoms with van der Waals surface area (Å²) in [5, 5.41) is 11.0. The summed E-state index contributed by atoms with van der Waals surface area (Å²) in [5.41, 5.74) is -3.60. The van der Waals surface area contributed by atoms with Crippen molar-refractivity contribution in [3.63, 3.8) is 0 Å². The number of likely N-dealkylation sites (tertiary alicyclic amines) is 1. The van der Waals surface area contributed by atoms with E-state index in [4.69, 9.17) is 0 Å². The first-order chi connectivity index (χ1) is 12.9. The van der Waals surface area contributed by atoms with E-state index >= 15 is 0 Å². The molecule has 1 aliphatic carbocycles.